The second-order valence-corrected chi connectivity index (χ2v) is 10.5. The van der Waals surface area contributed by atoms with Gasteiger partial charge in [0, 0.05) is 19.5 Å². The van der Waals surface area contributed by atoms with Gasteiger partial charge in [-0.2, -0.15) is 13.2 Å². The number of esters is 1. The minimum Gasteiger partial charge on any atom is -0.475 e. The number of rotatable bonds is 5. The Hall–Kier alpha value is -4.91. The fraction of sp³-hybridized carbons (Fsp3) is 0.290. The summed E-state index contributed by atoms with van der Waals surface area (Å²) in [4.78, 5) is 50.1. The lowest BCUT2D eigenvalue weighted by atomic mass is 9.76. The number of hydrogen-bond donors (Lipinski definition) is 2. The van der Waals surface area contributed by atoms with Crippen molar-refractivity contribution in [2.24, 2.45) is 11.8 Å². The molecule has 3 aliphatic rings. The predicted octanol–water partition coefficient (Wildman–Crippen LogP) is 3.75. The molecule has 4 atom stereocenters. The number of nitrogens with zero attached hydrogens (tertiary/aromatic N) is 1. The Bertz CT molecular complexity index is 1600. The number of aliphatic carboxylic acids is 1. The van der Waals surface area contributed by atoms with Crippen molar-refractivity contribution in [2.45, 2.75) is 24.2 Å². The summed E-state index contributed by atoms with van der Waals surface area (Å²) >= 11 is 0. The zero-order valence-corrected chi connectivity index (χ0v) is 23.5. The van der Waals surface area contributed by atoms with Crippen LogP contribution in [0.2, 0.25) is 0 Å². The standard InChI is InChI=1S/C29H26N2O6.C2HF3O2/c1-31-26(32)23-24(27(31)33)29(28(34)35-2,15-17-6-4-3-5-7-17)30-25(23)19-10-8-18(9-11-19)20-12-13-21-22(14-20)37-16-36-21;3-2(4,5)1(6)7/h3-14,23-25,30H,15-16H2,1-2H3;(H,6,7)/t23-,24-,25-,29-;/m1./s1. The first-order valence-corrected chi connectivity index (χ1v) is 13.4. The lowest BCUT2D eigenvalue weighted by Crippen LogP contribution is -2.57. The number of hydrogen-bond acceptors (Lipinski definition) is 8. The molecular formula is C31H27F3N2O8. The lowest BCUT2D eigenvalue weighted by Gasteiger charge is -2.32. The molecule has 0 unspecified atom stereocenters. The van der Waals surface area contributed by atoms with Crippen LogP contribution >= 0.6 is 0 Å². The number of halogens is 3. The van der Waals surface area contributed by atoms with Gasteiger partial charge in [0.2, 0.25) is 18.6 Å². The van der Waals surface area contributed by atoms with Crippen molar-refractivity contribution in [3.63, 3.8) is 0 Å². The molecule has 230 valence electrons. The molecule has 3 aromatic rings. The fourth-order valence-corrected chi connectivity index (χ4v) is 5.92. The molecule has 3 aromatic carbocycles. The second kappa shape index (κ2) is 11.6. The number of amides is 2. The Kier molecular flexibility index (Phi) is 8.08. The summed E-state index contributed by atoms with van der Waals surface area (Å²) < 4.78 is 47.9. The van der Waals surface area contributed by atoms with Crippen LogP contribution in [-0.4, -0.2) is 66.4 Å². The van der Waals surface area contributed by atoms with Gasteiger partial charge in [-0.25, -0.2) is 4.79 Å². The first kappa shape index (κ1) is 30.5. The van der Waals surface area contributed by atoms with E-state index in [1.165, 1.54) is 14.2 Å². The van der Waals surface area contributed by atoms with Crippen molar-refractivity contribution in [3.05, 3.63) is 83.9 Å². The van der Waals surface area contributed by atoms with Crippen molar-refractivity contribution < 1.29 is 51.7 Å². The van der Waals surface area contributed by atoms with E-state index in [-0.39, 0.29) is 25.0 Å². The Morgan fingerprint density at radius 3 is 2.20 bits per heavy atom. The minimum absolute atomic E-state index is 0.208. The van der Waals surface area contributed by atoms with Crippen LogP contribution in [-0.2, 0) is 30.3 Å². The molecule has 0 radical (unpaired) electrons. The van der Waals surface area contributed by atoms with Crippen LogP contribution in [0.3, 0.4) is 0 Å². The smallest absolute Gasteiger partial charge is 0.475 e. The highest BCUT2D eigenvalue weighted by Gasteiger charge is 2.68. The molecule has 44 heavy (non-hydrogen) atoms. The number of alkyl halides is 3. The quantitative estimate of drug-likeness (QED) is 0.327. The van der Waals surface area contributed by atoms with E-state index in [1.807, 2.05) is 72.8 Å². The number of likely N-dealkylation sites (tertiary alicyclic amines) is 1. The molecule has 3 heterocycles. The van der Waals surface area contributed by atoms with Crippen molar-refractivity contribution in [3.8, 4) is 22.6 Å². The fourth-order valence-electron chi connectivity index (χ4n) is 5.92. The zero-order chi connectivity index (χ0) is 31.8. The molecule has 0 aromatic heterocycles. The molecule has 0 saturated carbocycles. The second-order valence-electron chi connectivity index (χ2n) is 10.5. The zero-order valence-electron chi connectivity index (χ0n) is 23.5. The largest absolute Gasteiger partial charge is 0.490 e. The van der Waals surface area contributed by atoms with E-state index in [1.54, 1.807) is 0 Å². The lowest BCUT2D eigenvalue weighted by molar-refractivity contribution is -0.192. The normalized spacial score (nSPS) is 23.6. The highest BCUT2D eigenvalue weighted by Crippen LogP contribution is 2.50. The maximum Gasteiger partial charge on any atom is 0.490 e. The van der Waals surface area contributed by atoms with Gasteiger partial charge in [0.05, 0.1) is 18.9 Å². The Morgan fingerprint density at radius 2 is 1.59 bits per heavy atom. The number of ether oxygens (including phenoxy) is 3. The molecular weight excluding hydrogens is 585 g/mol. The van der Waals surface area contributed by atoms with Crippen molar-refractivity contribution in [1.29, 1.82) is 0 Å². The summed E-state index contributed by atoms with van der Waals surface area (Å²) in [5.41, 5.74) is 2.24. The first-order valence-electron chi connectivity index (χ1n) is 13.4. The van der Waals surface area contributed by atoms with Gasteiger partial charge < -0.3 is 19.3 Å². The van der Waals surface area contributed by atoms with E-state index < -0.39 is 41.5 Å². The summed E-state index contributed by atoms with van der Waals surface area (Å²) in [6, 6.07) is 22.5. The van der Waals surface area contributed by atoms with E-state index in [2.05, 4.69) is 5.32 Å². The van der Waals surface area contributed by atoms with Gasteiger partial charge in [-0.05, 0) is 34.4 Å². The average molecular weight is 613 g/mol. The predicted molar refractivity (Wildman–Crippen MR) is 147 cm³/mol. The number of nitrogens with one attached hydrogen (secondary N) is 1. The molecule has 0 aliphatic carbocycles. The van der Waals surface area contributed by atoms with Crippen LogP contribution in [0.25, 0.3) is 11.1 Å². The topological polar surface area (TPSA) is 131 Å². The molecule has 6 rings (SSSR count). The van der Waals surface area contributed by atoms with Gasteiger partial charge in [-0.15, -0.1) is 0 Å². The third-order valence-corrected chi connectivity index (χ3v) is 7.97. The molecule has 3 aliphatic heterocycles. The van der Waals surface area contributed by atoms with Gasteiger partial charge in [-0.3, -0.25) is 24.6 Å². The number of carboxylic acids is 1. The molecule has 2 fully saturated rings. The maximum absolute atomic E-state index is 13.4. The Labute approximate surface area is 249 Å². The van der Waals surface area contributed by atoms with E-state index >= 15 is 0 Å². The number of fused-ring (bicyclic) bond motifs is 2. The average Bonchev–Trinajstić information content (AvgIpc) is 3.68. The number of benzene rings is 3. The number of carbonyl (C=O) groups is 4. The third-order valence-electron chi connectivity index (χ3n) is 7.97. The number of methoxy groups -OCH3 is 1. The molecule has 2 N–H and O–H groups in total. The van der Waals surface area contributed by atoms with Crippen molar-refractivity contribution in [1.82, 2.24) is 10.2 Å². The summed E-state index contributed by atoms with van der Waals surface area (Å²) in [5, 5.41) is 10.5. The molecule has 2 amide bonds. The SMILES string of the molecule is COC(=O)[C@]1(Cc2ccccc2)N[C@H](c2ccc(-c3ccc4c(c3)OCO4)cc2)[C@@H]2C(=O)N(C)C(=O)[C@@H]21.O=C(O)C(F)(F)F. The van der Waals surface area contributed by atoms with E-state index in [0.717, 1.165) is 27.2 Å². The van der Waals surface area contributed by atoms with E-state index in [9.17, 15) is 27.6 Å². The number of carboxylic acid groups (broad SMARTS) is 1. The summed E-state index contributed by atoms with van der Waals surface area (Å²) in [6.07, 6.45) is -4.86. The highest BCUT2D eigenvalue weighted by atomic mass is 19.4. The van der Waals surface area contributed by atoms with E-state index in [4.69, 9.17) is 24.1 Å². The minimum atomic E-state index is -5.08. The van der Waals surface area contributed by atoms with Crippen LogP contribution in [0.5, 0.6) is 11.5 Å². The van der Waals surface area contributed by atoms with Crippen LogP contribution in [0.15, 0.2) is 72.8 Å². The monoisotopic (exact) mass is 612 g/mol. The van der Waals surface area contributed by atoms with Gasteiger partial charge in [0.25, 0.3) is 0 Å². The van der Waals surface area contributed by atoms with Crippen LogP contribution in [0.1, 0.15) is 17.2 Å². The van der Waals surface area contributed by atoms with Crippen LogP contribution in [0, 0.1) is 11.8 Å². The highest BCUT2D eigenvalue weighted by molar-refractivity contribution is 6.09. The summed E-state index contributed by atoms with van der Waals surface area (Å²) in [5.74, 6) is -4.17. The van der Waals surface area contributed by atoms with Crippen molar-refractivity contribution >= 4 is 23.8 Å². The third kappa shape index (κ3) is 5.46. The first-order chi connectivity index (χ1) is 20.9. The van der Waals surface area contributed by atoms with Crippen LogP contribution in [0.4, 0.5) is 13.2 Å². The van der Waals surface area contributed by atoms with Gasteiger partial charge in [-0.1, -0.05) is 60.7 Å². The molecule has 0 spiro atoms. The molecule has 0 bridgehead atoms. The maximum atomic E-state index is 13.4. The van der Waals surface area contributed by atoms with Crippen molar-refractivity contribution in [2.75, 3.05) is 21.0 Å². The Balaban J connectivity index is 0.000000493. The Morgan fingerprint density at radius 1 is 0.977 bits per heavy atom. The number of carbonyl (C=O) groups excluding carboxylic acids is 3. The summed E-state index contributed by atoms with van der Waals surface area (Å²) in [6.45, 7) is 0.208. The van der Waals surface area contributed by atoms with Gasteiger partial charge >= 0.3 is 18.1 Å². The van der Waals surface area contributed by atoms with E-state index in [0.29, 0.717) is 11.5 Å². The van der Waals surface area contributed by atoms with Crippen LogP contribution < -0.4 is 14.8 Å². The van der Waals surface area contributed by atoms with Gasteiger partial charge in [0.1, 0.15) is 5.54 Å². The molecule has 10 nitrogen and oxygen atoms in total. The molecule has 2 saturated heterocycles. The molecule has 13 heteroatoms. The number of imide groups is 1. The summed E-state index contributed by atoms with van der Waals surface area (Å²) in [7, 11) is 2.79. The van der Waals surface area contributed by atoms with Gasteiger partial charge in [0.15, 0.2) is 11.5 Å².